The number of hydrogen-bond acceptors (Lipinski definition) is 2. The Hall–Kier alpha value is -2.24. The third-order valence-electron chi connectivity index (χ3n) is 3.33. The van der Waals surface area contributed by atoms with Crippen molar-refractivity contribution in [1.29, 1.82) is 5.26 Å². The first kappa shape index (κ1) is 16.1. The molecule has 0 atom stereocenters. The van der Waals surface area contributed by atoms with Gasteiger partial charge in [-0.1, -0.05) is 56.6 Å². The lowest BCUT2D eigenvalue weighted by atomic mass is 9.87. The van der Waals surface area contributed by atoms with Crippen LogP contribution in [0.4, 0.5) is 5.69 Å². The second kappa shape index (κ2) is 6.68. The molecular formula is C19H19ClN2. The predicted molar refractivity (Wildman–Crippen MR) is 93.8 cm³/mol. The maximum atomic E-state index is 9.28. The van der Waals surface area contributed by atoms with Crippen molar-refractivity contribution in [2.75, 3.05) is 5.32 Å². The standard InChI is InChI=1S/C19H19ClN2/c1-19(2,3)15-6-4-14(5-7-15)12-18(13-21)22-17-10-8-16(20)9-11-17/h4-12,22H,1-3H3/b18-12+. The van der Waals surface area contributed by atoms with Crippen LogP contribution in [0.2, 0.25) is 5.02 Å². The van der Waals surface area contributed by atoms with Gasteiger partial charge in [0.15, 0.2) is 0 Å². The van der Waals surface area contributed by atoms with E-state index < -0.39 is 0 Å². The molecule has 0 aliphatic carbocycles. The normalized spacial score (nSPS) is 11.9. The van der Waals surface area contributed by atoms with E-state index in [-0.39, 0.29) is 5.41 Å². The smallest absolute Gasteiger partial charge is 0.118 e. The minimum Gasteiger partial charge on any atom is -0.347 e. The van der Waals surface area contributed by atoms with Gasteiger partial charge in [-0.05, 0) is 46.9 Å². The first-order valence-electron chi connectivity index (χ1n) is 7.13. The first-order valence-corrected chi connectivity index (χ1v) is 7.51. The zero-order valence-electron chi connectivity index (χ0n) is 13.0. The molecule has 0 aliphatic heterocycles. The maximum absolute atomic E-state index is 9.28. The first-order chi connectivity index (χ1) is 10.4. The number of halogens is 1. The highest BCUT2D eigenvalue weighted by Gasteiger charge is 2.12. The zero-order valence-corrected chi connectivity index (χ0v) is 13.8. The van der Waals surface area contributed by atoms with E-state index in [1.807, 2.05) is 30.3 Å². The summed E-state index contributed by atoms with van der Waals surface area (Å²) in [6.07, 6.45) is 1.83. The Morgan fingerprint density at radius 2 is 1.64 bits per heavy atom. The van der Waals surface area contributed by atoms with Crippen LogP contribution in [-0.4, -0.2) is 0 Å². The lowest BCUT2D eigenvalue weighted by molar-refractivity contribution is 0.590. The number of anilines is 1. The Morgan fingerprint density at radius 1 is 1.05 bits per heavy atom. The molecule has 2 nitrogen and oxygen atoms in total. The third-order valence-corrected chi connectivity index (χ3v) is 3.58. The van der Waals surface area contributed by atoms with Crippen molar-refractivity contribution >= 4 is 23.4 Å². The molecule has 0 fully saturated rings. The minimum absolute atomic E-state index is 0.127. The second-order valence-corrected chi connectivity index (χ2v) is 6.61. The van der Waals surface area contributed by atoms with Crippen LogP contribution in [0.3, 0.4) is 0 Å². The predicted octanol–water partition coefficient (Wildman–Crippen LogP) is 5.61. The van der Waals surface area contributed by atoms with Crippen molar-refractivity contribution in [3.63, 3.8) is 0 Å². The number of benzene rings is 2. The van der Waals surface area contributed by atoms with E-state index in [9.17, 15) is 5.26 Å². The van der Waals surface area contributed by atoms with E-state index in [0.717, 1.165) is 11.3 Å². The molecule has 0 radical (unpaired) electrons. The molecule has 3 heteroatoms. The van der Waals surface area contributed by atoms with Gasteiger partial charge in [-0.3, -0.25) is 0 Å². The summed E-state index contributed by atoms with van der Waals surface area (Å²) < 4.78 is 0. The second-order valence-electron chi connectivity index (χ2n) is 6.17. The molecular weight excluding hydrogens is 292 g/mol. The molecule has 2 aromatic rings. The lowest BCUT2D eigenvalue weighted by Crippen LogP contribution is -2.10. The molecule has 0 aliphatic rings. The van der Waals surface area contributed by atoms with Crippen LogP contribution in [0.15, 0.2) is 54.2 Å². The van der Waals surface area contributed by atoms with Gasteiger partial charge in [-0.25, -0.2) is 0 Å². The Morgan fingerprint density at radius 3 is 2.14 bits per heavy atom. The van der Waals surface area contributed by atoms with Crippen LogP contribution in [0.5, 0.6) is 0 Å². The molecule has 0 unspecified atom stereocenters. The van der Waals surface area contributed by atoms with Crippen molar-refractivity contribution in [2.24, 2.45) is 0 Å². The van der Waals surface area contributed by atoms with E-state index in [1.165, 1.54) is 5.56 Å². The summed E-state index contributed by atoms with van der Waals surface area (Å²) in [5.41, 5.74) is 3.72. The zero-order chi connectivity index (χ0) is 16.2. The molecule has 0 amide bonds. The summed E-state index contributed by atoms with van der Waals surface area (Å²) >= 11 is 5.86. The quantitative estimate of drug-likeness (QED) is 0.747. The number of hydrogen-bond donors (Lipinski definition) is 1. The van der Waals surface area contributed by atoms with Crippen LogP contribution >= 0.6 is 11.6 Å². The summed E-state index contributed by atoms with van der Waals surface area (Å²) in [4.78, 5) is 0. The van der Waals surface area contributed by atoms with E-state index >= 15 is 0 Å². The maximum Gasteiger partial charge on any atom is 0.118 e. The van der Waals surface area contributed by atoms with E-state index in [0.29, 0.717) is 10.7 Å². The van der Waals surface area contributed by atoms with Crippen LogP contribution in [0, 0.1) is 11.3 Å². The third kappa shape index (κ3) is 4.38. The lowest BCUT2D eigenvalue weighted by Gasteiger charge is -2.18. The van der Waals surface area contributed by atoms with Gasteiger partial charge in [0.1, 0.15) is 11.8 Å². The van der Waals surface area contributed by atoms with E-state index in [4.69, 9.17) is 11.6 Å². The molecule has 0 aromatic heterocycles. The van der Waals surface area contributed by atoms with Crippen LogP contribution in [-0.2, 0) is 5.41 Å². The largest absolute Gasteiger partial charge is 0.347 e. The number of allylic oxidation sites excluding steroid dienone is 1. The van der Waals surface area contributed by atoms with Crippen molar-refractivity contribution in [1.82, 2.24) is 0 Å². The molecule has 1 N–H and O–H groups in total. The van der Waals surface area contributed by atoms with Gasteiger partial charge in [-0.15, -0.1) is 0 Å². The Bertz CT molecular complexity index is 699. The van der Waals surface area contributed by atoms with E-state index in [1.54, 1.807) is 12.1 Å². The molecule has 0 saturated carbocycles. The highest BCUT2D eigenvalue weighted by Crippen LogP contribution is 2.23. The van der Waals surface area contributed by atoms with Crippen LogP contribution in [0.1, 0.15) is 31.9 Å². The molecule has 112 valence electrons. The average Bonchev–Trinajstić information content (AvgIpc) is 2.48. The average molecular weight is 311 g/mol. The fourth-order valence-electron chi connectivity index (χ4n) is 2.03. The van der Waals surface area contributed by atoms with Crippen molar-refractivity contribution < 1.29 is 0 Å². The summed E-state index contributed by atoms with van der Waals surface area (Å²) in [5, 5.41) is 13.0. The topological polar surface area (TPSA) is 35.8 Å². The summed E-state index contributed by atoms with van der Waals surface area (Å²) in [6, 6.07) is 17.7. The van der Waals surface area contributed by atoms with Gasteiger partial charge in [0.2, 0.25) is 0 Å². The number of rotatable bonds is 3. The fraction of sp³-hybridized carbons (Fsp3) is 0.211. The van der Waals surface area contributed by atoms with Gasteiger partial charge in [-0.2, -0.15) is 5.26 Å². The number of nitriles is 1. The molecule has 0 saturated heterocycles. The van der Waals surface area contributed by atoms with Crippen molar-refractivity contribution in [3.05, 3.63) is 70.4 Å². The van der Waals surface area contributed by atoms with Crippen molar-refractivity contribution in [2.45, 2.75) is 26.2 Å². The molecule has 2 aromatic carbocycles. The molecule has 2 rings (SSSR count). The Balaban J connectivity index is 2.18. The molecule has 0 spiro atoms. The van der Waals surface area contributed by atoms with E-state index in [2.05, 4.69) is 44.3 Å². The fourth-order valence-corrected chi connectivity index (χ4v) is 2.16. The monoisotopic (exact) mass is 310 g/mol. The Labute approximate surface area is 137 Å². The highest BCUT2D eigenvalue weighted by atomic mass is 35.5. The van der Waals surface area contributed by atoms with Crippen LogP contribution in [0.25, 0.3) is 6.08 Å². The molecule has 0 bridgehead atoms. The SMILES string of the molecule is CC(C)(C)c1ccc(/C=C(\C#N)Nc2ccc(Cl)cc2)cc1. The summed E-state index contributed by atoms with van der Waals surface area (Å²) in [5.74, 6) is 0. The van der Waals surface area contributed by atoms with Gasteiger partial charge in [0, 0.05) is 10.7 Å². The van der Waals surface area contributed by atoms with Gasteiger partial charge in [0.25, 0.3) is 0 Å². The summed E-state index contributed by atoms with van der Waals surface area (Å²) in [6.45, 7) is 6.54. The van der Waals surface area contributed by atoms with Gasteiger partial charge < -0.3 is 5.32 Å². The Kier molecular flexibility index (Phi) is 4.90. The van der Waals surface area contributed by atoms with Gasteiger partial charge >= 0.3 is 0 Å². The molecule has 22 heavy (non-hydrogen) atoms. The highest BCUT2D eigenvalue weighted by molar-refractivity contribution is 6.30. The number of nitrogens with one attached hydrogen (secondary N) is 1. The summed E-state index contributed by atoms with van der Waals surface area (Å²) in [7, 11) is 0. The molecule has 0 heterocycles. The van der Waals surface area contributed by atoms with Crippen molar-refractivity contribution in [3.8, 4) is 6.07 Å². The van der Waals surface area contributed by atoms with Gasteiger partial charge in [0.05, 0.1) is 0 Å². The number of nitrogens with zero attached hydrogens (tertiary/aromatic N) is 1. The minimum atomic E-state index is 0.127. The van der Waals surface area contributed by atoms with Crippen LogP contribution < -0.4 is 5.32 Å².